The first-order valence-corrected chi connectivity index (χ1v) is 8.60. The van der Waals surface area contributed by atoms with E-state index in [1.807, 2.05) is 6.92 Å². The highest BCUT2D eigenvalue weighted by Gasteiger charge is 2.12. The summed E-state index contributed by atoms with van der Waals surface area (Å²) in [5.74, 6) is 0.193. The van der Waals surface area contributed by atoms with E-state index in [0.29, 0.717) is 17.1 Å². The SMILES string of the molecule is C/C(=C\C(=N)Br)C1=CC(=O)CC1.CCCC1CCCCO1. The topological polar surface area (TPSA) is 50.2 Å². The minimum absolute atomic E-state index is 0.193. The fourth-order valence-corrected chi connectivity index (χ4v) is 2.89. The standard InChI is InChI=1S/C9H10BrNO.C8H16O/c1-6(4-9(10)11)7-2-3-8(12)5-7;1-2-5-8-6-3-4-7-9-8/h4-5,11H,2-3H2,1H3;8H,2-7H2,1H3/b6-4+,11-9?;. The van der Waals surface area contributed by atoms with E-state index in [0.717, 1.165) is 24.2 Å². The molecule has 1 atom stereocenters. The van der Waals surface area contributed by atoms with E-state index in [4.69, 9.17) is 10.1 Å². The molecule has 1 saturated heterocycles. The van der Waals surface area contributed by atoms with Crippen LogP contribution in [-0.4, -0.2) is 23.1 Å². The fraction of sp³-hybridized carbons (Fsp3) is 0.647. The van der Waals surface area contributed by atoms with Crippen LogP contribution < -0.4 is 0 Å². The molecule has 1 heterocycles. The number of rotatable bonds is 4. The first kappa shape index (κ1) is 18.3. The average molecular weight is 356 g/mol. The van der Waals surface area contributed by atoms with Crippen LogP contribution in [0.25, 0.3) is 0 Å². The number of hydrogen-bond donors (Lipinski definition) is 1. The number of allylic oxidation sites excluding steroid dienone is 4. The Morgan fingerprint density at radius 2 is 2.24 bits per heavy atom. The van der Waals surface area contributed by atoms with Gasteiger partial charge in [-0.3, -0.25) is 10.2 Å². The van der Waals surface area contributed by atoms with E-state index in [9.17, 15) is 4.79 Å². The molecule has 0 bridgehead atoms. The normalized spacial score (nSPS) is 22.4. The molecule has 118 valence electrons. The molecule has 2 aliphatic rings. The summed E-state index contributed by atoms with van der Waals surface area (Å²) in [6.07, 6.45) is 11.9. The van der Waals surface area contributed by atoms with Crippen molar-refractivity contribution in [3.63, 3.8) is 0 Å². The molecule has 0 aromatic rings. The molecule has 0 radical (unpaired) electrons. The van der Waals surface area contributed by atoms with Crippen molar-refractivity contribution in [3.05, 3.63) is 23.3 Å². The van der Waals surface area contributed by atoms with E-state index in [1.54, 1.807) is 12.2 Å². The summed E-state index contributed by atoms with van der Waals surface area (Å²) in [5, 5.41) is 7.17. The van der Waals surface area contributed by atoms with E-state index in [2.05, 4.69) is 22.9 Å². The van der Waals surface area contributed by atoms with Crippen LogP contribution in [0, 0.1) is 5.41 Å². The molecule has 1 aliphatic carbocycles. The summed E-state index contributed by atoms with van der Waals surface area (Å²) < 4.78 is 5.87. The Morgan fingerprint density at radius 1 is 1.48 bits per heavy atom. The Balaban J connectivity index is 0.000000219. The van der Waals surface area contributed by atoms with Crippen LogP contribution in [0.5, 0.6) is 0 Å². The smallest absolute Gasteiger partial charge is 0.156 e. The van der Waals surface area contributed by atoms with Crippen LogP contribution in [0.2, 0.25) is 0 Å². The van der Waals surface area contributed by atoms with E-state index in [-0.39, 0.29) is 5.78 Å². The second-order valence-corrected chi connectivity index (χ2v) is 6.44. The van der Waals surface area contributed by atoms with Gasteiger partial charge in [0.25, 0.3) is 0 Å². The van der Waals surface area contributed by atoms with Crippen LogP contribution in [0.15, 0.2) is 23.3 Å². The first-order valence-electron chi connectivity index (χ1n) is 7.80. The van der Waals surface area contributed by atoms with Crippen LogP contribution >= 0.6 is 15.9 Å². The Morgan fingerprint density at radius 3 is 2.71 bits per heavy atom. The molecule has 2 rings (SSSR count). The zero-order chi connectivity index (χ0) is 15.7. The van der Waals surface area contributed by atoms with Gasteiger partial charge in [0.2, 0.25) is 0 Å². The van der Waals surface area contributed by atoms with E-state index >= 15 is 0 Å². The lowest BCUT2D eigenvalue weighted by Crippen LogP contribution is -2.18. The summed E-state index contributed by atoms with van der Waals surface area (Å²) in [5.41, 5.74) is 2.06. The third-order valence-corrected chi connectivity index (χ3v) is 3.94. The molecule has 4 heteroatoms. The van der Waals surface area contributed by atoms with Gasteiger partial charge in [0.15, 0.2) is 5.78 Å². The van der Waals surface area contributed by atoms with Gasteiger partial charge in [-0.2, -0.15) is 0 Å². The largest absolute Gasteiger partial charge is 0.378 e. The first-order chi connectivity index (χ1) is 10.0. The van der Waals surface area contributed by atoms with Gasteiger partial charge in [-0.05, 0) is 78.3 Å². The van der Waals surface area contributed by atoms with Crippen molar-refractivity contribution in [2.45, 2.75) is 64.9 Å². The summed E-state index contributed by atoms with van der Waals surface area (Å²) in [4.78, 5) is 10.9. The number of hydrogen-bond acceptors (Lipinski definition) is 3. The number of ketones is 1. The quantitative estimate of drug-likeness (QED) is 0.725. The molecule has 21 heavy (non-hydrogen) atoms. The monoisotopic (exact) mass is 355 g/mol. The lowest BCUT2D eigenvalue weighted by Gasteiger charge is -2.21. The number of carbonyl (C=O) groups is 1. The highest BCUT2D eigenvalue weighted by molar-refractivity contribution is 9.18. The molecule has 0 aromatic heterocycles. The maximum absolute atomic E-state index is 10.9. The highest BCUT2D eigenvalue weighted by atomic mass is 79.9. The molecule has 0 amide bonds. The zero-order valence-electron chi connectivity index (χ0n) is 13.1. The Labute approximate surface area is 136 Å². The van der Waals surface area contributed by atoms with Crippen molar-refractivity contribution in [2.24, 2.45) is 0 Å². The second kappa shape index (κ2) is 10.1. The molecule has 1 N–H and O–H groups in total. The highest BCUT2D eigenvalue weighted by Crippen LogP contribution is 2.22. The van der Waals surface area contributed by atoms with Gasteiger partial charge in [-0.15, -0.1) is 0 Å². The summed E-state index contributed by atoms with van der Waals surface area (Å²) in [7, 11) is 0. The molecule has 1 aliphatic heterocycles. The third kappa shape index (κ3) is 7.72. The van der Waals surface area contributed by atoms with Crippen molar-refractivity contribution in [3.8, 4) is 0 Å². The van der Waals surface area contributed by atoms with E-state index < -0.39 is 0 Å². The minimum Gasteiger partial charge on any atom is -0.378 e. The van der Waals surface area contributed by atoms with Crippen molar-refractivity contribution in [2.75, 3.05) is 6.61 Å². The predicted molar refractivity (Wildman–Crippen MR) is 91.2 cm³/mol. The molecular formula is C17H26BrNO2. The Hall–Kier alpha value is -0.740. The molecule has 0 aromatic carbocycles. The number of ether oxygens (including phenoxy) is 1. The average Bonchev–Trinajstić information content (AvgIpc) is 2.87. The lowest BCUT2D eigenvalue weighted by molar-refractivity contribution is -0.114. The van der Waals surface area contributed by atoms with Gasteiger partial charge in [0.1, 0.15) is 0 Å². The Bertz CT molecular complexity index is 418. The zero-order valence-corrected chi connectivity index (χ0v) is 14.7. The van der Waals surface area contributed by atoms with Gasteiger partial charge in [-0.25, -0.2) is 0 Å². The van der Waals surface area contributed by atoms with Crippen LogP contribution in [0.3, 0.4) is 0 Å². The van der Waals surface area contributed by atoms with Crippen LogP contribution in [0.1, 0.15) is 58.8 Å². The van der Waals surface area contributed by atoms with Gasteiger partial charge < -0.3 is 4.74 Å². The van der Waals surface area contributed by atoms with Crippen LogP contribution in [0.4, 0.5) is 0 Å². The number of nitrogens with one attached hydrogen (secondary N) is 1. The molecule has 0 spiro atoms. The predicted octanol–water partition coefficient (Wildman–Crippen LogP) is 4.95. The second-order valence-electron chi connectivity index (χ2n) is 5.59. The molecule has 1 unspecified atom stereocenters. The van der Waals surface area contributed by atoms with Gasteiger partial charge in [0.05, 0.1) is 10.7 Å². The van der Waals surface area contributed by atoms with E-state index in [1.165, 1.54) is 32.1 Å². The van der Waals surface area contributed by atoms with Gasteiger partial charge in [-0.1, -0.05) is 13.3 Å². The Kier molecular flexibility index (Phi) is 8.77. The van der Waals surface area contributed by atoms with Gasteiger partial charge in [0, 0.05) is 13.0 Å². The lowest BCUT2D eigenvalue weighted by atomic mass is 10.1. The summed E-state index contributed by atoms with van der Waals surface area (Å²) >= 11 is 3.03. The maximum atomic E-state index is 10.9. The third-order valence-electron chi connectivity index (χ3n) is 3.71. The molecular weight excluding hydrogens is 330 g/mol. The molecule has 0 saturated carbocycles. The van der Waals surface area contributed by atoms with Crippen molar-refractivity contribution >= 4 is 26.3 Å². The summed E-state index contributed by atoms with van der Waals surface area (Å²) in [6.45, 7) is 5.14. The minimum atomic E-state index is 0.193. The summed E-state index contributed by atoms with van der Waals surface area (Å²) in [6, 6.07) is 0. The van der Waals surface area contributed by atoms with Crippen molar-refractivity contribution in [1.82, 2.24) is 0 Å². The maximum Gasteiger partial charge on any atom is 0.156 e. The molecule has 1 fully saturated rings. The van der Waals surface area contributed by atoms with Crippen LogP contribution in [-0.2, 0) is 9.53 Å². The number of halogens is 1. The van der Waals surface area contributed by atoms with Crippen molar-refractivity contribution in [1.29, 1.82) is 5.41 Å². The fourth-order valence-electron chi connectivity index (χ4n) is 2.55. The van der Waals surface area contributed by atoms with Crippen molar-refractivity contribution < 1.29 is 9.53 Å². The van der Waals surface area contributed by atoms with Gasteiger partial charge >= 0.3 is 0 Å². The number of carbonyl (C=O) groups excluding carboxylic acids is 1. The molecule has 3 nitrogen and oxygen atoms in total.